The van der Waals surface area contributed by atoms with Crippen molar-refractivity contribution in [1.29, 1.82) is 0 Å². The molecule has 1 fully saturated rings. The number of hydrogen-bond acceptors (Lipinski definition) is 2. The zero-order valence-electron chi connectivity index (χ0n) is 12.1. The Bertz CT molecular complexity index is 438. The monoisotopic (exact) mass is 279 g/mol. The molecular formula is C16H22FNO2. The fraction of sp³-hybridized carbons (Fsp3) is 0.562. The Morgan fingerprint density at radius 3 is 2.65 bits per heavy atom. The Morgan fingerprint density at radius 2 is 2.10 bits per heavy atom. The molecule has 1 amide bonds. The maximum atomic E-state index is 12.9. The number of rotatable bonds is 5. The zero-order valence-corrected chi connectivity index (χ0v) is 12.1. The first-order valence-corrected chi connectivity index (χ1v) is 7.19. The highest BCUT2D eigenvalue weighted by atomic mass is 19.1. The molecule has 4 heteroatoms. The minimum atomic E-state index is -0.234. The van der Waals surface area contributed by atoms with Crippen LogP contribution in [0.2, 0.25) is 0 Å². The third-order valence-corrected chi connectivity index (χ3v) is 3.80. The fourth-order valence-electron chi connectivity index (χ4n) is 2.37. The van der Waals surface area contributed by atoms with Crippen molar-refractivity contribution in [2.45, 2.75) is 32.7 Å². The summed E-state index contributed by atoms with van der Waals surface area (Å²) in [6.07, 6.45) is 1.52. The van der Waals surface area contributed by atoms with E-state index in [1.165, 1.54) is 12.1 Å². The number of ether oxygens (including phenoxy) is 1. The van der Waals surface area contributed by atoms with Crippen molar-refractivity contribution in [1.82, 2.24) is 5.32 Å². The maximum absolute atomic E-state index is 12.9. The molecule has 0 spiro atoms. The summed E-state index contributed by atoms with van der Waals surface area (Å²) in [5, 5.41) is 3.11. The Morgan fingerprint density at radius 1 is 1.40 bits per heavy atom. The van der Waals surface area contributed by atoms with Gasteiger partial charge in [0.1, 0.15) is 5.82 Å². The van der Waals surface area contributed by atoms with Gasteiger partial charge in [-0.25, -0.2) is 4.39 Å². The average Bonchev–Trinajstić information content (AvgIpc) is 2.94. The fourth-order valence-corrected chi connectivity index (χ4v) is 2.37. The Balaban J connectivity index is 1.96. The Hall–Kier alpha value is -1.42. The summed E-state index contributed by atoms with van der Waals surface area (Å²) in [7, 11) is 0. The second kappa shape index (κ2) is 6.84. The Labute approximate surface area is 119 Å². The van der Waals surface area contributed by atoms with Crippen molar-refractivity contribution in [2.75, 3.05) is 13.2 Å². The SMILES string of the molecule is CC(C)C(Cc1ccc(F)cc1)NC(=O)C1CCOC1. The van der Waals surface area contributed by atoms with Crippen LogP contribution in [0.5, 0.6) is 0 Å². The van der Waals surface area contributed by atoms with Gasteiger partial charge in [0.25, 0.3) is 0 Å². The average molecular weight is 279 g/mol. The predicted octanol–water partition coefficient (Wildman–Crippen LogP) is 2.55. The molecule has 0 radical (unpaired) electrons. The summed E-state index contributed by atoms with van der Waals surface area (Å²) < 4.78 is 18.2. The quantitative estimate of drug-likeness (QED) is 0.899. The molecule has 0 aromatic heterocycles. The number of carbonyl (C=O) groups excluding carboxylic acids is 1. The molecule has 0 bridgehead atoms. The van der Waals surface area contributed by atoms with E-state index in [1.54, 1.807) is 12.1 Å². The molecule has 110 valence electrons. The van der Waals surface area contributed by atoms with Gasteiger partial charge in [0, 0.05) is 12.6 Å². The molecule has 1 heterocycles. The second-order valence-corrected chi connectivity index (χ2v) is 5.75. The van der Waals surface area contributed by atoms with Crippen molar-refractivity contribution >= 4 is 5.91 Å². The summed E-state index contributed by atoms with van der Waals surface area (Å²) in [4.78, 5) is 12.2. The van der Waals surface area contributed by atoms with Gasteiger partial charge in [-0.3, -0.25) is 4.79 Å². The minimum absolute atomic E-state index is 0.0236. The van der Waals surface area contributed by atoms with Gasteiger partial charge >= 0.3 is 0 Å². The molecule has 1 saturated heterocycles. The molecule has 1 aliphatic rings. The standard InChI is InChI=1S/C16H22FNO2/c1-11(2)15(9-12-3-5-14(17)6-4-12)18-16(19)13-7-8-20-10-13/h3-6,11,13,15H,7-10H2,1-2H3,(H,18,19). The summed E-state index contributed by atoms with van der Waals surface area (Å²) >= 11 is 0. The van der Waals surface area contributed by atoms with Crippen molar-refractivity contribution in [3.05, 3.63) is 35.6 Å². The third kappa shape index (κ3) is 4.04. The van der Waals surface area contributed by atoms with Crippen LogP contribution in [0.25, 0.3) is 0 Å². The van der Waals surface area contributed by atoms with E-state index in [-0.39, 0.29) is 23.7 Å². The molecular weight excluding hydrogens is 257 g/mol. The molecule has 2 unspecified atom stereocenters. The van der Waals surface area contributed by atoms with Gasteiger partial charge in [0.05, 0.1) is 12.5 Å². The van der Waals surface area contributed by atoms with Crippen molar-refractivity contribution in [2.24, 2.45) is 11.8 Å². The number of amides is 1. The van der Waals surface area contributed by atoms with Gasteiger partial charge in [-0.1, -0.05) is 26.0 Å². The predicted molar refractivity (Wildman–Crippen MR) is 75.8 cm³/mol. The largest absolute Gasteiger partial charge is 0.381 e. The molecule has 1 aromatic rings. The van der Waals surface area contributed by atoms with Crippen LogP contribution in [0, 0.1) is 17.7 Å². The first-order valence-electron chi connectivity index (χ1n) is 7.19. The van der Waals surface area contributed by atoms with Crippen LogP contribution >= 0.6 is 0 Å². The Kier molecular flexibility index (Phi) is 5.12. The summed E-state index contributed by atoms with van der Waals surface area (Å²) in [5.41, 5.74) is 1.04. The lowest BCUT2D eigenvalue weighted by Gasteiger charge is -2.24. The normalized spacial score (nSPS) is 20.1. The van der Waals surface area contributed by atoms with Gasteiger partial charge in [0.15, 0.2) is 0 Å². The second-order valence-electron chi connectivity index (χ2n) is 5.75. The van der Waals surface area contributed by atoms with E-state index in [0.717, 1.165) is 18.4 Å². The van der Waals surface area contributed by atoms with E-state index in [4.69, 9.17) is 4.74 Å². The van der Waals surface area contributed by atoms with Crippen LogP contribution in [0.3, 0.4) is 0 Å². The first-order chi connectivity index (χ1) is 9.56. The van der Waals surface area contributed by atoms with Crippen LogP contribution in [-0.4, -0.2) is 25.2 Å². The highest BCUT2D eigenvalue weighted by Crippen LogP contribution is 2.16. The number of carbonyl (C=O) groups is 1. The molecule has 1 N–H and O–H groups in total. The molecule has 20 heavy (non-hydrogen) atoms. The molecule has 2 rings (SSSR count). The van der Waals surface area contributed by atoms with Crippen molar-refractivity contribution in [3.8, 4) is 0 Å². The van der Waals surface area contributed by atoms with Crippen molar-refractivity contribution < 1.29 is 13.9 Å². The molecule has 3 nitrogen and oxygen atoms in total. The van der Waals surface area contributed by atoms with E-state index in [0.29, 0.717) is 19.1 Å². The number of nitrogens with one attached hydrogen (secondary N) is 1. The van der Waals surface area contributed by atoms with Gasteiger partial charge in [-0.2, -0.15) is 0 Å². The smallest absolute Gasteiger partial charge is 0.225 e. The highest BCUT2D eigenvalue weighted by molar-refractivity contribution is 5.79. The molecule has 0 aliphatic carbocycles. The van der Waals surface area contributed by atoms with E-state index < -0.39 is 0 Å². The molecule has 0 saturated carbocycles. The third-order valence-electron chi connectivity index (χ3n) is 3.80. The van der Waals surface area contributed by atoms with E-state index in [2.05, 4.69) is 19.2 Å². The lowest BCUT2D eigenvalue weighted by atomic mass is 9.95. The van der Waals surface area contributed by atoms with Gasteiger partial charge < -0.3 is 10.1 Å². The van der Waals surface area contributed by atoms with Crippen molar-refractivity contribution in [3.63, 3.8) is 0 Å². The van der Waals surface area contributed by atoms with Crippen LogP contribution in [0.15, 0.2) is 24.3 Å². The lowest BCUT2D eigenvalue weighted by molar-refractivity contribution is -0.126. The highest BCUT2D eigenvalue weighted by Gasteiger charge is 2.26. The maximum Gasteiger partial charge on any atom is 0.225 e. The van der Waals surface area contributed by atoms with Crippen LogP contribution in [0.1, 0.15) is 25.8 Å². The number of halogens is 1. The topological polar surface area (TPSA) is 38.3 Å². The van der Waals surface area contributed by atoms with E-state index in [1.807, 2.05) is 0 Å². The molecule has 2 atom stereocenters. The number of hydrogen-bond donors (Lipinski definition) is 1. The minimum Gasteiger partial charge on any atom is -0.381 e. The van der Waals surface area contributed by atoms with E-state index in [9.17, 15) is 9.18 Å². The zero-order chi connectivity index (χ0) is 14.5. The molecule has 1 aromatic carbocycles. The van der Waals surface area contributed by atoms with Gasteiger partial charge in [-0.05, 0) is 36.5 Å². The van der Waals surface area contributed by atoms with Crippen LogP contribution in [0.4, 0.5) is 4.39 Å². The summed E-state index contributed by atoms with van der Waals surface area (Å²) in [6.45, 7) is 5.36. The van der Waals surface area contributed by atoms with Gasteiger partial charge in [0.2, 0.25) is 5.91 Å². The van der Waals surface area contributed by atoms with Gasteiger partial charge in [-0.15, -0.1) is 0 Å². The molecule has 1 aliphatic heterocycles. The van der Waals surface area contributed by atoms with E-state index >= 15 is 0 Å². The lowest BCUT2D eigenvalue weighted by Crippen LogP contribution is -2.43. The van der Waals surface area contributed by atoms with Crippen LogP contribution in [-0.2, 0) is 16.0 Å². The summed E-state index contributed by atoms with van der Waals surface area (Å²) in [5.74, 6) is 0.140. The van der Waals surface area contributed by atoms with Crippen LogP contribution < -0.4 is 5.32 Å². The first kappa shape index (κ1) is 15.0. The number of benzene rings is 1. The summed E-state index contributed by atoms with van der Waals surface area (Å²) in [6, 6.07) is 6.53.